The van der Waals surface area contributed by atoms with Crippen LogP contribution in [0.15, 0.2) is 30.6 Å². The summed E-state index contributed by atoms with van der Waals surface area (Å²) in [6, 6.07) is 5.00. The predicted molar refractivity (Wildman–Crippen MR) is 90.1 cm³/mol. The molecule has 0 saturated heterocycles. The Labute approximate surface area is 145 Å². The van der Waals surface area contributed by atoms with Gasteiger partial charge in [-0.05, 0) is 38.5 Å². The molecule has 2 heterocycles. The van der Waals surface area contributed by atoms with Crippen molar-refractivity contribution in [3.05, 3.63) is 47.1 Å². The van der Waals surface area contributed by atoms with Crippen LogP contribution in [0.1, 0.15) is 26.3 Å². The van der Waals surface area contributed by atoms with Gasteiger partial charge < -0.3 is 9.64 Å². The number of hydrogen-bond donors (Lipinski definition) is 0. The summed E-state index contributed by atoms with van der Waals surface area (Å²) in [4.78, 5) is 21.5. The highest BCUT2D eigenvalue weighted by Crippen LogP contribution is 2.27. The molecule has 0 unspecified atom stereocenters. The maximum Gasteiger partial charge on any atom is 0.410 e. The van der Waals surface area contributed by atoms with Crippen molar-refractivity contribution in [2.24, 2.45) is 0 Å². The van der Waals surface area contributed by atoms with Crippen molar-refractivity contribution < 1.29 is 13.9 Å². The number of pyridine rings is 2. The number of halogens is 2. The SMILES string of the molecule is CN(Cc1cccnc1-c1ccnc(Cl)c1F)C(=O)OC(C)(C)C. The normalized spacial score (nSPS) is 11.2. The lowest BCUT2D eigenvalue weighted by Gasteiger charge is -2.25. The molecule has 0 saturated carbocycles. The van der Waals surface area contributed by atoms with Gasteiger partial charge in [0.05, 0.1) is 12.2 Å². The van der Waals surface area contributed by atoms with Crippen LogP contribution in [0, 0.1) is 5.82 Å². The Balaban J connectivity index is 2.30. The van der Waals surface area contributed by atoms with Gasteiger partial charge in [-0.3, -0.25) is 4.98 Å². The van der Waals surface area contributed by atoms with Gasteiger partial charge >= 0.3 is 6.09 Å². The molecule has 5 nitrogen and oxygen atoms in total. The van der Waals surface area contributed by atoms with Crippen molar-refractivity contribution in [3.8, 4) is 11.3 Å². The molecule has 2 rings (SSSR count). The van der Waals surface area contributed by atoms with Gasteiger partial charge in [0.15, 0.2) is 11.0 Å². The van der Waals surface area contributed by atoms with Gasteiger partial charge in [-0.25, -0.2) is 14.2 Å². The quantitative estimate of drug-likeness (QED) is 0.773. The lowest BCUT2D eigenvalue weighted by molar-refractivity contribution is 0.0285. The smallest absolute Gasteiger partial charge is 0.410 e. The van der Waals surface area contributed by atoms with Crippen LogP contribution >= 0.6 is 11.6 Å². The number of rotatable bonds is 3. The highest BCUT2D eigenvalue weighted by molar-refractivity contribution is 6.29. The van der Waals surface area contributed by atoms with Crippen LogP contribution in [0.25, 0.3) is 11.3 Å². The second-order valence-electron chi connectivity index (χ2n) is 6.31. The molecular weight excluding hydrogens is 333 g/mol. The predicted octanol–water partition coefficient (Wildman–Crippen LogP) is 4.30. The monoisotopic (exact) mass is 351 g/mol. The molecule has 0 aromatic carbocycles. The molecule has 7 heteroatoms. The van der Waals surface area contributed by atoms with Crippen molar-refractivity contribution in [3.63, 3.8) is 0 Å². The number of amides is 1. The molecule has 0 bridgehead atoms. The summed E-state index contributed by atoms with van der Waals surface area (Å²) < 4.78 is 19.6. The summed E-state index contributed by atoms with van der Waals surface area (Å²) >= 11 is 5.75. The van der Waals surface area contributed by atoms with Gasteiger partial charge in [-0.1, -0.05) is 17.7 Å². The topological polar surface area (TPSA) is 55.3 Å². The Bertz CT molecular complexity index is 747. The molecule has 1 amide bonds. The first kappa shape index (κ1) is 18.1. The van der Waals surface area contributed by atoms with Gasteiger partial charge in [0, 0.05) is 25.0 Å². The molecule has 128 valence electrons. The minimum atomic E-state index is -0.640. The molecule has 0 aliphatic heterocycles. The number of hydrogen-bond acceptors (Lipinski definition) is 4. The molecule has 0 radical (unpaired) electrons. The fourth-order valence-corrected chi connectivity index (χ4v) is 2.23. The van der Waals surface area contributed by atoms with E-state index in [1.54, 1.807) is 46.1 Å². The minimum absolute atomic E-state index is 0.218. The largest absolute Gasteiger partial charge is 0.444 e. The van der Waals surface area contributed by atoms with Gasteiger partial charge in [-0.2, -0.15) is 0 Å². The molecule has 0 aliphatic rings. The molecule has 0 aliphatic carbocycles. The molecular formula is C17H19ClFN3O2. The molecule has 0 fully saturated rings. The summed E-state index contributed by atoms with van der Waals surface area (Å²) in [6.07, 6.45) is 2.50. The van der Waals surface area contributed by atoms with Gasteiger partial charge in [0.2, 0.25) is 0 Å². The van der Waals surface area contributed by atoms with Crippen LogP contribution in [0.3, 0.4) is 0 Å². The van der Waals surface area contributed by atoms with E-state index >= 15 is 0 Å². The maximum absolute atomic E-state index is 14.2. The maximum atomic E-state index is 14.2. The van der Waals surface area contributed by atoms with E-state index in [4.69, 9.17) is 16.3 Å². The Morgan fingerprint density at radius 2 is 2.00 bits per heavy atom. The average Bonchev–Trinajstić information content (AvgIpc) is 2.49. The summed E-state index contributed by atoms with van der Waals surface area (Å²) in [6.45, 7) is 5.60. The zero-order valence-electron chi connectivity index (χ0n) is 14.0. The van der Waals surface area contributed by atoms with E-state index in [9.17, 15) is 9.18 Å². The number of ether oxygens (including phenoxy) is 1. The molecule has 2 aromatic heterocycles. The molecule has 24 heavy (non-hydrogen) atoms. The van der Waals surface area contributed by atoms with E-state index in [0.29, 0.717) is 11.3 Å². The van der Waals surface area contributed by atoms with E-state index in [1.165, 1.54) is 17.2 Å². The Hall–Kier alpha value is -2.21. The number of carbonyl (C=O) groups is 1. The van der Waals surface area contributed by atoms with Gasteiger partial charge in [-0.15, -0.1) is 0 Å². The van der Waals surface area contributed by atoms with Crippen molar-refractivity contribution in [2.45, 2.75) is 32.9 Å². The molecule has 0 N–H and O–H groups in total. The molecule has 0 spiro atoms. The lowest BCUT2D eigenvalue weighted by atomic mass is 10.1. The van der Waals surface area contributed by atoms with E-state index in [1.807, 2.05) is 0 Å². The first-order valence-corrected chi connectivity index (χ1v) is 7.75. The second-order valence-corrected chi connectivity index (χ2v) is 6.67. The molecule has 0 atom stereocenters. The highest BCUT2D eigenvalue weighted by Gasteiger charge is 2.21. The van der Waals surface area contributed by atoms with Gasteiger partial charge in [0.1, 0.15) is 5.60 Å². The van der Waals surface area contributed by atoms with Crippen LogP contribution in [0.2, 0.25) is 5.15 Å². The third-order valence-electron chi connectivity index (χ3n) is 3.11. The van der Waals surface area contributed by atoms with Gasteiger partial charge in [0.25, 0.3) is 0 Å². The third kappa shape index (κ3) is 4.41. The minimum Gasteiger partial charge on any atom is -0.444 e. The van der Waals surface area contributed by atoms with Crippen molar-refractivity contribution in [2.75, 3.05) is 7.05 Å². The van der Waals surface area contributed by atoms with Crippen molar-refractivity contribution in [1.29, 1.82) is 0 Å². The second kappa shape index (κ2) is 7.13. The zero-order chi connectivity index (χ0) is 17.9. The number of aromatic nitrogens is 2. The zero-order valence-corrected chi connectivity index (χ0v) is 14.8. The Kier molecular flexibility index (Phi) is 5.39. The van der Waals surface area contributed by atoms with E-state index < -0.39 is 17.5 Å². The Morgan fingerprint density at radius 3 is 2.67 bits per heavy atom. The van der Waals surface area contributed by atoms with E-state index in [2.05, 4.69) is 9.97 Å². The average molecular weight is 352 g/mol. The van der Waals surface area contributed by atoms with E-state index in [0.717, 1.165) is 0 Å². The van der Waals surface area contributed by atoms with Crippen molar-refractivity contribution >= 4 is 17.7 Å². The lowest BCUT2D eigenvalue weighted by Crippen LogP contribution is -2.34. The van der Waals surface area contributed by atoms with Crippen molar-refractivity contribution in [1.82, 2.24) is 14.9 Å². The van der Waals surface area contributed by atoms with Crippen LogP contribution in [0.4, 0.5) is 9.18 Å². The van der Waals surface area contributed by atoms with Crippen LogP contribution in [-0.2, 0) is 11.3 Å². The number of carbonyl (C=O) groups excluding carboxylic acids is 1. The third-order valence-corrected chi connectivity index (χ3v) is 3.37. The fraction of sp³-hybridized carbons (Fsp3) is 0.353. The summed E-state index contributed by atoms with van der Waals surface area (Å²) in [5.74, 6) is -0.640. The van der Waals surface area contributed by atoms with E-state index in [-0.39, 0.29) is 17.3 Å². The molecule has 2 aromatic rings. The van der Waals surface area contributed by atoms with Crippen LogP contribution in [0.5, 0.6) is 0 Å². The Morgan fingerprint density at radius 1 is 1.29 bits per heavy atom. The first-order chi connectivity index (χ1) is 11.2. The van der Waals surface area contributed by atoms with Crippen LogP contribution < -0.4 is 0 Å². The summed E-state index contributed by atoms with van der Waals surface area (Å²) in [5, 5.41) is -0.218. The standard InChI is InChI=1S/C17H19ClFN3O2/c1-17(2,3)24-16(23)22(4)10-11-6-5-8-20-14(11)12-7-9-21-15(18)13(12)19/h5-9H,10H2,1-4H3. The fourth-order valence-electron chi connectivity index (χ4n) is 2.07. The van der Waals surface area contributed by atoms with Crippen LogP contribution in [-0.4, -0.2) is 33.6 Å². The first-order valence-electron chi connectivity index (χ1n) is 7.37. The summed E-state index contributed by atoms with van der Waals surface area (Å²) in [7, 11) is 1.61. The highest BCUT2D eigenvalue weighted by atomic mass is 35.5. The number of nitrogens with zero attached hydrogens (tertiary/aromatic N) is 3. The summed E-state index contributed by atoms with van der Waals surface area (Å²) in [5.41, 5.74) is 0.735.